The highest BCUT2D eigenvalue weighted by Crippen LogP contribution is 2.27. The van der Waals surface area contributed by atoms with Crippen LogP contribution in [0.2, 0.25) is 0 Å². The van der Waals surface area contributed by atoms with Crippen molar-refractivity contribution in [3.05, 3.63) is 32.4 Å². The van der Waals surface area contributed by atoms with Crippen LogP contribution in [0, 0.1) is 6.92 Å². The van der Waals surface area contributed by atoms with Crippen molar-refractivity contribution in [2.75, 3.05) is 20.6 Å². The smallest absolute Gasteiger partial charge is 0.0917 e. The molecule has 0 saturated heterocycles. The van der Waals surface area contributed by atoms with E-state index >= 15 is 0 Å². The van der Waals surface area contributed by atoms with Gasteiger partial charge in [0, 0.05) is 11.9 Å². The molecule has 0 fully saturated rings. The molecule has 104 valence electrons. The lowest BCUT2D eigenvalue weighted by Gasteiger charge is -2.15. The monoisotopic (exact) mass is 343 g/mol. The summed E-state index contributed by atoms with van der Waals surface area (Å²) in [5.41, 5.74) is 8.20. The Morgan fingerprint density at radius 3 is 2.84 bits per heavy atom. The van der Waals surface area contributed by atoms with Gasteiger partial charge in [0.25, 0.3) is 0 Å². The van der Waals surface area contributed by atoms with Gasteiger partial charge in [-0.05, 0) is 36.9 Å². The standard InChI is InChI=1S/C12H18BrN5S/c1-8-16-10(7-19-8)11(14)12-9(13)6-15-18(12)5-4-17(2)3/h6-7,11H,4-5,14H2,1-3H3. The van der Waals surface area contributed by atoms with Crippen molar-refractivity contribution < 1.29 is 0 Å². The van der Waals surface area contributed by atoms with Crippen LogP contribution in [0.3, 0.4) is 0 Å². The Hall–Kier alpha value is -0.760. The van der Waals surface area contributed by atoms with Gasteiger partial charge in [-0.1, -0.05) is 0 Å². The molecule has 2 N–H and O–H groups in total. The second kappa shape index (κ2) is 6.13. The molecule has 0 aliphatic heterocycles. The fourth-order valence-corrected chi connectivity index (χ4v) is 3.01. The molecule has 0 amide bonds. The molecule has 1 atom stereocenters. The van der Waals surface area contributed by atoms with Crippen molar-refractivity contribution >= 4 is 27.3 Å². The predicted molar refractivity (Wildman–Crippen MR) is 81.4 cm³/mol. The summed E-state index contributed by atoms with van der Waals surface area (Å²) in [5.74, 6) is 0. The number of aryl methyl sites for hydroxylation is 1. The SMILES string of the molecule is Cc1nc(C(N)c2c(Br)cnn2CCN(C)C)cs1. The van der Waals surface area contributed by atoms with Crippen LogP contribution in [0.25, 0.3) is 0 Å². The number of nitrogens with zero attached hydrogens (tertiary/aromatic N) is 4. The lowest BCUT2D eigenvalue weighted by molar-refractivity contribution is 0.367. The van der Waals surface area contributed by atoms with E-state index in [9.17, 15) is 0 Å². The number of rotatable bonds is 5. The Kier molecular flexibility index (Phi) is 4.72. The van der Waals surface area contributed by atoms with Gasteiger partial charge in [0.2, 0.25) is 0 Å². The van der Waals surface area contributed by atoms with E-state index in [4.69, 9.17) is 5.73 Å². The quantitative estimate of drug-likeness (QED) is 0.902. The van der Waals surface area contributed by atoms with Gasteiger partial charge in [-0.15, -0.1) is 11.3 Å². The number of hydrogen-bond donors (Lipinski definition) is 1. The highest BCUT2D eigenvalue weighted by atomic mass is 79.9. The van der Waals surface area contributed by atoms with E-state index < -0.39 is 0 Å². The highest BCUT2D eigenvalue weighted by Gasteiger charge is 2.20. The first-order valence-electron chi connectivity index (χ1n) is 6.02. The molecule has 2 heterocycles. The third kappa shape index (κ3) is 3.42. The summed E-state index contributed by atoms with van der Waals surface area (Å²) in [6.45, 7) is 3.72. The van der Waals surface area contributed by atoms with Crippen LogP contribution in [-0.4, -0.2) is 40.3 Å². The van der Waals surface area contributed by atoms with Crippen LogP contribution >= 0.6 is 27.3 Å². The van der Waals surface area contributed by atoms with Gasteiger partial charge in [0.1, 0.15) is 0 Å². The van der Waals surface area contributed by atoms with Crippen molar-refractivity contribution in [3.8, 4) is 0 Å². The Morgan fingerprint density at radius 2 is 2.26 bits per heavy atom. The van der Waals surface area contributed by atoms with Gasteiger partial charge in [0.15, 0.2) is 0 Å². The van der Waals surface area contributed by atoms with Gasteiger partial charge in [0.05, 0.1) is 39.7 Å². The van der Waals surface area contributed by atoms with Crippen molar-refractivity contribution in [3.63, 3.8) is 0 Å². The lowest BCUT2D eigenvalue weighted by atomic mass is 10.1. The zero-order valence-corrected chi connectivity index (χ0v) is 13.7. The first kappa shape index (κ1) is 14.6. The molecule has 5 nitrogen and oxygen atoms in total. The van der Waals surface area contributed by atoms with E-state index in [1.807, 2.05) is 31.1 Å². The zero-order valence-electron chi connectivity index (χ0n) is 11.3. The molecule has 0 spiro atoms. The second-order valence-electron chi connectivity index (χ2n) is 4.67. The molecular weight excluding hydrogens is 326 g/mol. The van der Waals surface area contributed by atoms with E-state index in [0.29, 0.717) is 0 Å². The van der Waals surface area contributed by atoms with Gasteiger partial charge >= 0.3 is 0 Å². The summed E-state index contributed by atoms with van der Waals surface area (Å²) in [5, 5.41) is 7.42. The van der Waals surface area contributed by atoms with Crippen LogP contribution in [0.15, 0.2) is 16.0 Å². The number of likely N-dealkylation sites (N-methyl/N-ethyl adjacent to an activating group) is 1. The van der Waals surface area contributed by atoms with Gasteiger partial charge in [-0.3, -0.25) is 4.68 Å². The zero-order chi connectivity index (χ0) is 14.0. The van der Waals surface area contributed by atoms with Crippen molar-refractivity contribution in [2.45, 2.75) is 19.5 Å². The molecule has 0 aliphatic rings. The third-order valence-corrected chi connectivity index (χ3v) is 4.24. The first-order chi connectivity index (χ1) is 8.99. The highest BCUT2D eigenvalue weighted by molar-refractivity contribution is 9.10. The molecular formula is C12H18BrN5S. The summed E-state index contributed by atoms with van der Waals surface area (Å²) in [4.78, 5) is 6.59. The molecule has 2 aromatic heterocycles. The average molecular weight is 344 g/mol. The van der Waals surface area contributed by atoms with Crippen LogP contribution < -0.4 is 5.73 Å². The van der Waals surface area contributed by atoms with Gasteiger partial charge < -0.3 is 10.6 Å². The third-order valence-electron chi connectivity index (χ3n) is 2.84. The van der Waals surface area contributed by atoms with E-state index in [1.54, 1.807) is 17.5 Å². The van der Waals surface area contributed by atoms with Crippen molar-refractivity contribution in [1.29, 1.82) is 0 Å². The molecule has 0 aromatic carbocycles. The molecule has 7 heteroatoms. The maximum atomic E-state index is 6.32. The van der Waals surface area contributed by atoms with Gasteiger partial charge in [-0.25, -0.2) is 4.98 Å². The van der Waals surface area contributed by atoms with E-state index in [0.717, 1.165) is 34.0 Å². The minimum atomic E-state index is -0.246. The molecule has 19 heavy (non-hydrogen) atoms. The molecule has 1 unspecified atom stereocenters. The number of aromatic nitrogens is 3. The Balaban J connectivity index is 2.25. The van der Waals surface area contributed by atoms with Crippen molar-refractivity contribution in [1.82, 2.24) is 19.7 Å². The molecule has 0 saturated carbocycles. The van der Waals surface area contributed by atoms with E-state index in [1.165, 1.54) is 0 Å². The Morgan fingerprint density at radius 1 is 1.53 bits per heavy atom. The minimum absolute atomic E-state index is 0.246. The predicted octanol–water partition coefficient (Wildman–Crippen LogP) is 2.02. The Bertz CT molecular complexity index is 548. The van der Waals surface area contributed by atoms with Crippen LogP contribution in [0.1, 0.15) is 22.4 Å². The summed E-state index contributed by atoms with van der Waals surface area (Å²) in [6.07, 6.45) is 1.80. The summed E-state index contributed by atoms with van der Waals surface area (Å²) >= 11 is 5.14. The van der Waals surface area contributed by atoms with Crippen LogP contribution in [-0.2, 0) is 6.54 Å². The van der Waals surface area contributed by atoms with E-state index in [2.05, 4.69) is 30.9 Å². The number of nitrogens with two attached hydrogens (primary N) is 1. The fourth-order valence-electron chi connectivity index (χ4n) is 1.82. The van der Waals surface area contributed by atoms with E-state index in [-0.39, 0.29) is 6.04 Å². The molecule has 2 aromatic rings. The van der Waals surface area contributed by atoms with Gasteiger partial charge in [-0.2, -0.15) is 5.10 Å². The normalized spacial score (nSPS) is 13.2. The minimum Gasteiger partial charge on any atom is -0.318 e. The first-order valence-corrected chi connectivity index (χ1v) is 7.70. The summed E-state index contributed by atoms with van der Waals surface area (Å²) in [6, 6.07) is -0.246. The average Bonchev–Trinajstić information content (AvgIpc) is 2.92. The maximum absolute atomic E-state index is 6.32. The second-order valence-corrected chi connectivity index (χ2v) is 6.59. The maximum Gasteiger partial charge on any atom is 0.0917 e. The summed E-state index contributed by atoms with van der Waals surface area (Å²) < 4.78 is 2.88. The largest absolute Gasteiger partial charge is 0.318 e. The summed E-state index contributed by atoms with van der Waals surface area (Å²) in [7, 11) is 4.09. The molecule has 0 radical (unpaired) electrons. The molecule has 2 rings (SSSR count). The molecule has 0 bridgehead atoms. The number of halogens is 1. The fraction of sp³-hybridized carbons (Fsp3) is 0.500. The van der Waals surface area contributed by atoms with Crippen LogP contribution in [0.4, 0.5) is 0 Å². The Labute approximate surface area is 125 Å². The van der Waals surface area contributed by atoms with Crippen LogP contribution in [0.5, 0.6) is 0 Å². The number of thiazole rings is 1. The molecule has 0 aliphatic carbocycles. The topological polar surface area (TPSA) is 60.0 Å². The van der Waals surface area contributed by atoms with Crippen molar-refractivity contribution in [2.24, 2.45) is 5.73 Å². The lowest BCUT2D eigenvalue weighted by Crippen LogP contribution is -2.23. The number of hydrogen-bond acceptors (Lipinski definition) is 5.